The fourth-order valence-electron chi connectivity index (χ4n) is 5.18. The normalized spacial score (nSPS) is 30.9. The molecule has 2 aliphatic carbocycles. The highest BCUT2D eigenvalue weighted by molar-refractivity contribution is 14.0. The molecule has 2 heterocycles. The molecule has 1 aromatic rings. The maximum absolute atomic E-state index is 10.6. The van der Waals surface area contributed by atoms with Crippen molar-refractivity contribution in [3.8, 4) is 0 Å². The summed E-state index contributed by atoms with van der Waals surface area (Å²) >= 11 is 0. The number of furan rings is 1. The Morgan fingerprint density at radius 1 is 1.30 bits per heavy atom. The molecule has 7 heteroatoms. The Balaban J connectivity index is 0.00000210. The van der Waals surface area contributed by atoms with Crippen LogP contribution < -0.4 is 5.32 Å². The van der Waals surface area contributed by atoms with Crippen molar-refractivity contribution in [3.63, 3.8) is 0 Å². The van der Waals surface area contributed by atoms with Gasteiger partial charge in [-0.3, -0.25) is 9.89 Å². The van der Waals surface area contributed by atoms with E-state index in [9.17, 15) is 5.11 Å². The Morgan fingerprint density at radius 3 is 2.63 bits per heavy atom. The highest BCUT2D eigenvalue weighted by Crippen LogP contribution is 2.46. The van der Waals surface area contributed by atoms with Crippen LogP contribution in [0.5, 0.6) is 0 Å². The Morgan fingerprint density at radius 2 is 2.07 bits per heavy atom. The minimum atomic E-state index is -1.05. The fraction of sp³-hybridized carbons (Fsp3) is 0.750. The number of nitrogens with one attached hydrogen (secondary N) is 1. The minimum absolute atomic E-state index is 0. The summed E-state index contributed by atoms with van der Waals surface area (Å²) in [4.78, 5) is 9.45. The average molecular weight is 488 g/mol. The number of nitrogens with zero attached hydrogens (tertiary/aromatic N) is 3. The first-order chi connectivity index (χ1) is 12.6. The molecule has 6 nitrogen and oxygen atoms in total. The number of rotatable bonds is 4. The molecule has 1 aromatic heterocycles. The van der Waals surface area contributed by atoms with Gasteiger partial charge in [-0.2, -0.15) is 0 Å². The number of hydrogen-bond acceptors (Lipinski definition) is 4. The average Bonchev–Trinajstić information content (AvgIpc) is 3.40. The van der Waals surface area contributed by atoms with Gasteiger partial charge in [-0.1, -0.05) is 6.42 Å². The summed E-state index contributed by atoms with van der Waals surface area (Å²) in [6.45, 7) is 6.36. The summed E-state index contributed by atoms with van der Waals surface area (Å²) in [6.07, 6.45) is 7.39. The van der Waals surface area contributed by atoms with E-state index in [1.54, 1.807) is 25.3 Å². The van der Waals surface area contributed by atoms with Crippen LogP contribution in [0, 0.1) is 11.8 Å². The van der Waals surface area contributed by atoms with Crippen molar-refractivity contribution in [3.05, 3.63) is 24.2 Å². The molecule has 27 heavy (non-hydrogen) atoms. The van der Waals surface area contributed by atoms with E-state index in [2.05, 4.69) is 20.1 Å². The predicted molar refractivity (Wildman–Crippen MR) is 117 cm³/mol. The molecular formula is C20H33IN4O2. The number of aliphatic hydroxyl groups is 1. The van der Waals surface area contributed by atoms with Crippen molar-refractivity contribution in [2.75, 3.05) is 39.8 Å². The second kappa shape index (κ2) is 8.69. The molecule has 1 aliphatic heterocycles. The van der Waals surface area contributed by atoms with Crippen LogP contribution in [0.25, 0.3) is 0 Å². The fourth-order valence-corrected chi connectivity index (χ4v) is 5.18. The SMILES string of the molecule is CN=C(NCC(C)(O)c1ccco1)N1CCN(C2CC3CCC2C3)CC1.I. The molecule has 4 rings (SSSR count). The van der Waals surface area contributed by atoms with Gasteiger partial charge in [-0.15, -0.1) is 24.0 Å². The molecule has 2 bridgehead atoms. The van der Waals surface area contributed by atoms with Gasteiger partial charge in [0.15, 0.2) is 5.96 Å². The first-order valence-corrected chi connectivity index (χ1v) is 10.0. The minimum Gasteiger partial charge on any atom is -0.466 e. The monoisotopic (exact) mass is 488 g/mol. The summed E-state index contributed by atoms with van der Waals surface area (Å²) in [6, 6.07) is 4.43. The Kier molecular flexibility index (Phi) is 6.74. The second-order valence-electron chi connectivity index (χ2n) is 8.42. The van der Waals surface area contributed by atoms with Crippen LogP contribution in [-0.2, 0) is 5.60 Å². The molecule has 0 spiro atoms. The molecule has 0 radical (unpaired) electrons. The smallest absolute Gasteiger partial charge is 0.193 e. The zero-order valence-corrected chi connectivity index (χ0v) is 18.8. The maximum atomic E-state index is 10.6. The van der Waals surface area contributed by atoms with E-state index in [1.807, 2.05) is 7.05 Å². The summed E-state index contributed by atoms with van der Waals surface area (Å²) in [5, 5.41) is 14.0. The third-order valence-corrected chi connectivity index (χ3v) is 6.64. The highest BCUT2D eigenvalue weighted by Gasteiger charge is 2.42. The molecule has 152 valence electrons. The maximum Gasteiger partial charge on any atom is 0.193 e. The van der Waals surface area contributed by atoms with Gasteiger partial charge in [0.05, 0.1) is 12.8 Å². The number of fused-ring (bicyclic) bond motifs is 2. The lowest BCUT2D eigenvalue weighted by atomic mass is 9.93. The molecule has 3 aliphatic rings. The molecule has 4 atom stereocenters. The van der Waals surface area contributed by atoms with E-state index >= 15 is 0 Å². The van der Waals surface area contributed by atoms with Gasteiger partial charge in [-0.05, 0) is 50.2 Å². The molecule has 0 aromatic carbocycles. The topological polar surface area (TPSA) is 64.2 Å². The second-order valence-corrected chi connectivity index (χ2v) is 8.42. The van der Waals surface area contributed by atoms with Crippen LogP contribution in [0.1, 0.15) is 38.4 Å². The van der Waals surface area contributed by atoms with Crippen LogP contribution in [0.15, 0.2) is 27.8 Å². The number of halogens is 1. The van der Waals surface area contributed by atoms with E-state index in [4.69, 9.17) is 4.42 Å². The number of aliphatic imine (C=N–C) groups is 1. The van der Waals surface area contributed by atoms with Crippen molar-refractivity contribution in [2.45, 2.75) is 44.2 Å². The van der Waals surface area contributed by atoms with E-state index < -0.39 is 5.60 Å². The van der Waals surface area contributed by atoms with E-state index in [0.717, 1.165) is 50.0 Å². The quantitative estimate of drug-likeness (QED) is 0.388. The molecular weight excluding hydrogens is 455 g/mol. The molecule has 0 amide bonds. The third-order valence-electron chi connectivity index (χ3n) is 6.64. The van der Waals surface area contributed by atoms with E-state index in [0.29, 0.717) is 12.3 Å². The van der Waals surface area contributed by atoms with Crippen molar-refractivity contribution >= 4 is 29.9 Å². The van der Waals surface area contributed by atoms with Crippen LogP contribution in [0.4, 0.5) is 0 Å². The first-order valence-electron chi connectivity index (χ1n) is 10.0. The van der Waals surface area contributed by atoms with Crippen molar-refractivity contribution in [1.29, 1.82) is 0 Å². The van der Waals surface area contributed by atoms with Crippen LogP contribution in [-0.4, -0.2) is 66.7 Å². The zero-order valence-electron chi connectivity index (χ0n) is 16.4. The van der Waals surface area contributed by atoms with Gasteiger partial charge in [0, 0.05) is 39.3 Å². The van der Waals surface area contributed by atoms with Crippen LogP contribution in [0.2, 0.25) is 0 Å². The zero-order chi connectivity index (χ0) is 18.1. The summed E-state index contributed by atoms with van der Waals surface area (Å²) in [5.41, 5.74) is -1.05. The van der Waals surface area contributed by atoms with Crippen molar-refractivity contribution < 1.29 is 9.52 Å². The van der Waals surface area contributed by atoms with E-state index in [-0.39, 0.29) is 24.0 Å². The molecule has 2 N–H and O–H groups in total. The Hall–Kier alpha value is -0.800. The van der Waals surface area contributed by atoms with E-state index in [1.165, 1.54) is 25.7 Å². The molecule has 1 saturated heterocycles. The van der Waals surface area contributed by atoms with Gasteiger partial charge in [0.25, 0.3) is 0 Å². The van der Waals surface area contributed by atoms with Gasteiger partial charge < -0.3 is 19.7 Å². The summed E-state index contributed by atoms with van der Waals surface area (Å²) in [5.74, 6) is 3.39. The number of guanidine groups is 1. The highest BCUT2D eigenvalue weighted by atomic mass is 127. The number of hydrogen-bond donors (Lipinski definition) is 2. The lowest BCUT2D eigenvalue weighted by molar-refractivity contribution is 0.0372. The first kappa shape index (κ1) is 20.9. The van der Waals surface area contributed by atoms with Crippen molar-refractivity contribution in [2.24, 2.45) is 16.8 Å². The Labute approximate surface area is 179 Å². The summed E-state index contributed by atoms with van der Waals surface area (Å²) in [7, 11) is 1.81. The molecule has 4 unspecified atom stereocenters. The molecule has 3 fully saturated rings. The third kappa shape index (κ3) is 4.45. The molecule has 2 saturated carbocycles. The predicted octanol–water partition coefficient (Wildman–Crippen LogP) is 2.49. The summed E-state index contributed by atoms with van der Waals surface area (Å²) < 4.78 is 5.35. The Bertz CT molecular complexity index is 626. The van der Waals surface area contributed by atoms with Gasteiger partial charge in [0.1, 0.15) is 11.4 Å². The lowest BCUT2D eigenvalue weighted by Gasteiger charge is -2.42. The van der Waals surface area contributed by atoms with Crippen molar-refractivity contribution in [1.82, 2.24) is 15.1 Å². The lowest BCUT2D eigenvalue weighted by Crippen LogP contribution is -2.56. The standard InChI is InChI=1S/C20H32N4O2.HI/c1-20(25,18-4-3-11-26-18)14-22-19(21-2)24-9-7-23(8-10-24)17-13-15-5-6-16(17)12-15;/h3-4,11,15-17,25H,5-10,12-14H2,1-2H3,(H,21,22);1H. The largest absolute Gasteiger partial charge is 0.466 e. The van der Waals surface area contributed by atoms with Gasteiger partial charge in [0.2, 0.25) is 0 Å². The van der Waals surface area contributed by atoms with Crippen LogP contribution >= 0.6 is 24.0 Å². The van der Waals surface area contributed by atoms with Crippen LogP contribution in [0.3, 0.4) is 0 Å². The van der Waals surface area contributed by atoms with Gasteiger partial charge >= 0.3 is 0 Å². The number of piperazine rings is 1. The van der Waals surface area contributed by atoms with Gasteiger partial charge in [-0.25, -0.2) is 0 Å².